The van der Waals surface area contributed by atoms with Crippen molar-refractivity contribution < 1.29 is 4.79 Å². The van der Waals surface area contributed by atoms with Gasteiger partial charge < -0.3 is 14.4 Å². The summed E-state index contributed by atoms with van der Waals surface area (Å²) in [6, 6.07) is 8.22. The summed E-state index contributed by atoms with van der Waals surface area (Å²) in [7, 11) is 1.94. The highest BCUT2D eigenvalue weighted by molar-refractivity contribution is 7.22. The van der Waals surface area contributed by atoms with Crippen molar-refractivity contribution in [2.45, 2.75) is 6.42 Å². The van der Waals surface area contributed by atoms with Gasteiger partial charge >= 0.3 is 0 Å². The molecule has 4 heterocycles. The fourth-order valence-corrected chi connectivity index (χ4v) is 4.70. The lowest BCUT2D eigenvalue weighted by Gasteiger charge is -2.21. The highest BCUT2D eigenvalue weighted by atomic mass is 32.1. The lowest BCUT2D eigenvalue weighted by Crippen LogP contribution is -2.35. The van der Waals surface area contributed by atoms with Gasteiger partial charge in [0.05, 0.1) is 16.4 Å². The van der Waals surface area contributed by atoms with Crippen molar-refractivity contribution in [2.24, 2.45) is 7.05 Å². The molecule has 0 saturated carbocycles. The lowest BCUT2D eigenvalue weighted by molar-refractivity contribution is 0.0768. The zero-order chi connectivity index (χ0) is 18.4. The molecule has 1 fully saturated rings. The van der Waals surface area contributed by atoms with Gasteiger partial charge in [-0.25, -0.2) is 9.50 Å². The molecule has 0 radical (unpaired) electrons. The minimum Gasteiger partial charge on any atom is -0.346 e. The molecule has 0 aliphatic carbocycles. The first-order chi connectivity index (χ1) is 13.2. The lowest BCUT2D eigenvalue weighted by atomic mass is 10.2. The van der Waals surface area contributed by atoms with Gasteiger partial charge in [-0.2, -0.15) is 5.10 Å². The van der Waals surface area contributed by atoms with E-state index in [1.54, 1.807) is 22.0 Å². The van der Waals surface area contributed by atoms with Crippen LogP contribution in [-0.4, -0.2) is 56.2 Å². The van der Waals surface area contributed by atoms with E-state index >= 15 is 0 Å². The van der Waals surface area contributed by atoms with Crippen molar-refractivity contribution >= 4 is 38.2 Å². The maximum atomic E-state index is 13.1. The largest absolute Gasteiger partial charge is 0.346 e. The van der Waals surface area contributed by atoms with Crippen LogP contribution >= 0.6 is 11.3 Å². The van der Waals surface area contributed by atoms with Crippen LogP contribution in [0.25, 0.3) is 15.9 Å². The van der Waals surface area contributed by atoms with Crippen molar-refractivity contribution in [3.63, 3.8) is 0 Å². The van der Waals surface area contributed by atoms with Gasteiger partial charge in [-0.05, 0) is 18.6 Å². The Labute approximate surface area is 160 Å². The SMILES string of the molecule is Cn1ccn2ncc(C(=O)N3CCCN(c4nc5ccccc5s4)CC3)c12. The Morgan fingerprint density at radius 1 is 1.11 bits per heavy atom. The Morgan fingerprint density at radius 2 is 2.00 bits per heavy atom. The normalized spacial score (nSPS) is 15.6. The smallest absolute Gasteiger partial charge is 0.259 e. The first kappa shape index (κ1) is 16.3. The van der Waals surface area contributed by atoms with Crippen LogP contribution in [0.3, 0.4) is 0 Å². The number of carbonyl (C=O) groups is 1. The molecular weight excluding hydrogens is 360 g/mol. The Morgan fingerprint density at radius 3 is 2.89 bits per heavy atom. The first-order valence-corrected chi connectivity index (χ1v) is 9.91. The molecule has 1 aliphatic heterocycles. The average molecular weight is 380 g/mol. The molecule has 3 aromatic heterocycles. The third-order valence-corrected chi connectivity index (χ3v) is 6.20. The van der Waals surface area contributed by atoms with Gasteiger partial charge in [-0.1, -0.05) is 23.5 Å². The van der Waals surface area contributed by atoms with E-state index < -0.39 is 0 Å². The van der Waals surface area contributed by atoms with Crippen LogP contribution in [0.1, 0.15) is 16.8 Å². The maximum Gasteiger partial charge on any atom is 0.259 e. The molecule has 1 amide bonds. The molecule has 1 aliphatic rings. The second-order valence-corrected chi connectivity index (χ2v) is 7.84. The minimum atomic E-state index is 0.0537. The molecular formula is C19H20N6OS. The number of aromatic nitrogens is 4. The topological polar surface area (TPSA) is 58.7 Å². The van der Waals surface area contributed by atoms with E-state index in [2.05, 4.69) is 16.1 Å². The number of amides is 1. The minimum absolute atomic E-state index is 0.0537. The maximum absolute atomic E-state index is 13.1. The molecule has 4 aromatic rings. The number of imidazole rings is 1. The number of para-hydroxylation sites is 1. The van der Waals surface area contributed by atoms with E-state index in [0.717, 1.165) is 42.4 Å². The van der Waals surface area contributed by atoms with Gasteiger partial charge in [0.25, 0.3) is 5.91 Å². The number of carbonyl (C=O) groups excluding carboxylic acids is 1. The number of benzene rings is 1. The number of hydrogen-bond acceptors (Lipinski definition) is 5. The molecule has 5 rings (SSSR count). The predicted octanol–water partition coefficient (Wildman–Crippen LogP) is 2.64. The Kier molecular flexibility index (Phi) is 3.86. The molecule has 1 saturated heterocycles. The number of anilines is 1. The summed E-state index contributed by atoms with van der Waals surface area (Å²) in [6.45, 7) is 3.15. The summed E-state index contributed by atoms with van der Waals surface area (Å²) in [5.41, 5.74) is 2.55. The molecule has 0 N–H and O–H groups in total. The van der Waals surface area contributed by atoms with E-state index in [1.165, 1.54) is 4.70 Å². The van der Waals surface area contributed by atoms with E-state index in [1.807, 2.05) is 47.1 Å². The van der Waals surface area contributed by atoms with E-state index in [0.29, 0.717) is 12.1 Å². The second kappa shape index (κ2) is 6.38. The Hall–Kier alpha value is -2.87. The zero-order valence-electron chi connectivity index (χ0n) is 15.1. The molecule has 138 valence electrons. The van der Waals surface area contributed by atoms with Gasteiger partial charge in [-0.15, -0.1) is 0 Å². The van der Waals surface area contributed by atoms with Crippen molar-refractivity contribution in [1.82, 2.24) is 24.1 Å². The van der Waals surface area contributed by atoms with E-state index in [-0.39, 0.29) is 5.91 Å². The van der Waals surface area contributed by atoms with E-state index in [9.17, 15) is 4.79 Å². The highest BCUT2D eigenvalue weighted by Crippen LogP contribution is 2.29. The number of rotatable bonds is 2. The van der Waals surface area contributed by atoms with Crippen LogP contribution in [0.2, 0.25) is 0 Å². The van der Waals surface area contributed by atoms with Gasteiger partial charge in [0.15, 0.2) is 5.13 Å². The van der Waals surface area contributed by atoms with E-state index in [4.69, 9.17) is 4.98 Å². The van der Waals surface area contributed by atoms with Crippen molar-refractivity contribution in [1.29, 1.82) is 0 Å². The van der Waals surface area contributed by atoms with Crippen LogP contribution in [0.4, 0.5) is 5.13 Å². The molecule has 7 nitrogen and oxygen atoms in total. The van der Waals surface area contributed by atoms with Gasteiger partial charge in [0.1, 0.15) is 11.2 Å². The van der Waals surface area contributed by atoms with Gasteiger partial charge in [0.2, 0.25) is 0 Å². The van der Waals surface area contributed by atoms with Crippen LogP contribution in [-0.2, 0) is 7.05 Å². The van der Waals surface area contributed by atoms with Gasteiger partial charge in [0, 0.05) is 45.6 Å². The Bertz CT molecular complexity index is 1090. The molecule has 0 unspecified atom stereocenters. The number of thiazole rings is 1. The summed E-state index contributed by atoms with van der Waals surface area (Å²) in [5, 5.41) is 5.34. The monoisotopic (exact) mass is 380 g/mol. The standard InChI is InChI=1S/C19H20N6OS/c1-22-9-12-25-17(22)14(13-20-25)18(26)23-7-4-8-24(11-10-23)19-21-15-5-2-3-6-16(15)27-19/h2-3,5-6,9,12-13H,4,7-8,10-11H2,1H3. The number of hydrogen-bond donors (Lipinski definition) is 0. The molecule has 0 bridgehead atoms. The second-order valence-electron chi connectivity index (χ2n) is 6.83. The summed E-state index contributed by atoms with van der Waals surface area (Å²) in [5.74, 6) is 0.0537. The molecule has 1 aromatic carbocycles. The summed E-state index contributed by atoms with van der Waals surface area (Å²) in [6.07, 6.45) is 6.38. The van der Waals surface area contributed by atoms with Crippen LogP contribution < -0.4 is 4.90 Å². The number of nitrogens with zero attached hydrogens (tertiary/aromatic N) is 6. The fourth-order valence-electron chi connectivity index (χ4n) is 3.68. The summed E-state index contributed by atoms with van der Waals surface area (Å²) >= 11 is 1.72. The summed E-state index contributed by atoms with van der Waals surface area (Å²) < 4.78 is 4.89. The molecule has 8 heteroatoms. The fraction of sp³-hybridized carbons (Fsp3) is 0.316. The highest BCUT2D eigenvalue weighted by Gasteiger charge is 2.25. The number of fused-ring (bicyclic) bond motifs is 2. The first-order valence-electron chi connectivity index (χ1n) is 9.09. The van der Waals surface area contributed by atoms with Gasteiger partial charge in [-0.3, -0.25) is 4.79 Å². The molecule has 0 spiro atoms. The van der Waals surface area contributed by atoms with Crippen LogP contribution in [0.5, 0.6) is 0 Å². The third-order valence-electron chi connectivity index (χ3n) is 5.10. The quantitative estimate of drug-likeness (QED) is 0.536. The molecule has 27 heavy (non-hydrogen) atoms. The Balaban J connectivity index is 1.36. The van der Waals surface area contributed by atoms with Crippen molar-refractivity contribution in [3.05, 3.63) is 48.4 Å². The van der Waals surface area contributed by atoms with Crippen LogP contribution in [0, 0.1) is 0 Å². The molecule has 0 atom stereocenters. The number of aryl methyl sites for hydroxylation is 1. The van der Waals surface area contributed by atoms with Crippen LogP contribution in [0.15, 0.2) is 42.9 Å². The third kappa shape index (κ3) is 2.76. The van der Waals surface area contributed by atoms with Crippen molar-refractivity contribution in [2.75, 3.05) is 31.1 Å². The zero-order valence-corrected chi connectivity index (χ0v) is 15.9. The average Bonchev–Trinajstić information content (AvgIpc) is 3.33. The van der Waals surface area contributed by atoms with Crippen molar-refractivity contribution in [3.8, 4) is 0 Å². The predicted molar refractivity (Wildman–Crippen MR) is 107 cm³/mol. The summed E-state index contributed by atoms with van der Waals surface area (Å²) in [4.78, 5) is 22.1.